The molecule has 0 aliphatic carbocycles. The Morgan fingerprint density at radius 3 is 2.68 bits per heavy atom. The summed E-state index contributed by atoms with van der Waals surface area (Å²) in [6.45, 7) is 5.65. The molecule has 102 valence electrons. The van der Waals surface area contributed by atoms with Gasteiger partial charge in [0.05, 0.1) is 6.10 Å². The van der Waals surface area contributed by atoms with Crippen LogP contribution in [0.2, 0.25) is 0 Å². The van der Waals surface area contributed by atoms with E-state index in [2.05, 4.69) is 4.79 Å². The molecule has 2 atom stereocenters. The van der Waals surface area contributed by atoms with E-state index in [1.54, 1.807) is 6.92 Å². The van der Waals surface area contributed by atoms with Crippen LogP contribution in [0.3, 0.4) is 0 Å². The zero-order valence-corrected chi connectivity index (χ0v) is 11.4. The molecule has 0 aliphatic rings. The largest absolute Gasteiger partial charge is 0.490 e. The molecule has 0 spiro atoms. The first-order chi connectivity index (χ1) is 9.02. The SMILES string of the molecule is Cc1ccccc1O[C@@H](C)C[C@@H](C)OC(=O)C=[N+]=[N-]. The van der Waals surface area contributed by atoms with Crippen LogP contribution in [0, 0.1) is 6.92 Å². The van der Waals surface area contributed by atoms with Crippen LogP contribution in [0.1, 0.15) is 25.8 Å². The summed E-state index contributed by atoms with van der Waals surface area (Å²) in [6.07, 6.45) is 0.877. The van der Waals surface area contributed by atoms with E-state index in [0.717, 1.165) is 17.5 Å². The average molecular weight is 262 g/mol. The number of nitrogens with zero attached hydrogens (tertiary/aromatic N) is 2. The summed E-state index contributed by atoms with van der Waals surface area (Å²) in [4.78, 5) is 13.7. The predicted molar refractivity (Wildman–Crippen MR) is 71.1 cm³/mol. The number of esters is 1. The fourth-order valence-electron chi connectivity index (χ4n) is 1.74. The highest BCUT2D eigenvalue weighted by atomic mass is 16.5. The summed E-state index contributed by atoms with van der Waals surface area (Å²) >= 11 is 0. The van der Waals surface area contributed by atoms with Crippen LogP contribution in [-0.2, 0) is 9.53 Å². The van der Waals surface area contributed by atoms with E-state index >= 15 is 0 Å². The van der Waals surface area contributed by atoms with E-state index in [1.807, 2.05) is 38.1 Å². The topological polar surface area (TPSA) is 71.9 Å². The van der Waals surface area contributed by atoms with E-state index in [1.165, 1.54) is 0 Å². The van der Waals surface area contributed by atoms with Crippen molar-refractivity contribution in [1.29, 1.82) is 0 Å². The van der Waals surface area contributed by atoms with Crippen LogP contribution in [0.5, 0.6) is 5.75 Å². The van der Waals surface area contributed by atoms with Gasteiger partial charge in [-0.25, -0.2) is 4.79 Å². The number of hydrogen-bond acceptors (Lipinski definition) is 3. The minimum atomic E-state index is -0.668. The van der Waals surface area contributed by atoms with Crippen LogP contribution >= 0.6 is 0 Å². The van der Waals surface area contributed by atoms with Crippen molar-refractivity contribution >= 4 is 12.2 Å². The maximum absolute atomic E-state index is 11.1. The van der Waals surface area contributed by atoms with Crippen LogP contribution in [-0.4, -0.2) is 29.2 Å². The summed E-state index contributed by atoms with van der Waals surface area (Å²) in [7, 11) is 0. The maximum atomic E-state index is 11.1. The Kier molecular flexibility index (Phi) is 5.76. The molecule has 5 nitrogen and oxygen atoms in total. The molecule has 0 aliphatic heterocycles. The minimum Gasteiger partial charge on any atom is -0.490 e. The van der Waals surface area contributed by atoms with Crippen molar-refractivity contribution < 1.29 is 19.1 Å². The van der Waals surface area contributed by atoms with Gasteiger partial charge in [0.1, 0.15) is 11.9 Å². The minimum absolute atomic E-state index is 0.0880. The zero-order valence-electron chi connectivity index (χ0n) is 11.4. The lowest BCUT2D eigenvalue weighted by Gasteiger charge is -2.19. The molecule has 5 heteroatoms. The van der Waals surface area contributed by atoms with Crippen molar-refractivity contribution in [2.45, 2.75) is 39.4 Å². The highest BCUT2D eigenvalue weighted by Crippen LogP contribution is 2.19. The zero-order chi connectivity index (χ0) is 14.3. The van der Waals surface area contributed by atoms with Gasteiger partial charge in [0.2, 0.25) is 0 Å². The molecule has 0 saturated carbocycles. The van der Waals surface area contributed by atoms with Crippen molar-refractivity contribution in [3.05, 3.63) is 35.4 Å². The standard InChI is InChI=1S/C14H18N2O3/c1-10-6-4-5-7-13(10)18-11(2)8-12(3)19-14(17)9-16-15/h4-7,9,11-12H,8H2,1-3H3/t11-,12+/m0/s1. The van der Waals surface area contributed by atoms with E-state index in [4.69, 9.17) is 15.0 Å². The summed E-state index contributed by atoms with van der Waals surface area (Å²) in [5, 5.41) is 0. The second-order valence-electron chi connectivity index (χ2n) is 4.42. The molecule has 0 unspecified atom stereocenters. The average Bonchev–Trinajstić information content (AvgIpc) is 2.31. The molecule has 0 N–H and O–H groups in total. The molecule has 0 heterocycles. The lowest BCUT2D eigenvalue weighted by molar-refractivity contribution is -0.144. The molecular formula is C14H18N2O3. The molecular weight excluding hydrogens is 244 g/mol. The van der Waals surface area contributed by atoms with Crippen molar-refractivity contribution in [2.75, 3.05) is 0 Å². The van der Waals surface area contributed by atoms with E-state index < -0.39 is 5.97 Å². The number of aryl methyl sites for hydroxylation is 1. The maximum Gasteiger partial charge on any atom is 0.413 e. The van der Waals surface area contributed by atoms with Gasteiger partial charge in [-0.1, -0.05) is 18.2 Å². The van der Waals surface area contributed by atoms with Gasteiger partial charge in [-0.3, -0.25) is 0 Å². The van der Waals surface area contributed by atoms with E-state index in [9.17, 15) is 4.79 Å². The summed E-state index contributed by atoms with van der Waals surface area (Å²) < 4.78 is 10.8. The Labute approximate surface area is 112 Å². The van der Waals surface area contributed by atoms with Crippen LogP contribution < -0.4 is 4.74 Å². The van der Waals surface area contributed by atoms with Crippen molar-refractivity contribution in [1.82, 2.24) is 0 Å². The Bertz CT molecular complexity index is 481. The predicted octanol–water partition coefficient (Wildman–Crippen LogP) is 2.38. The Morgan fingerprint density at radius 2 is 2.05 bits per heavy atom. The van der Waals surface area contributed by atoms with Gasteiger partial charge < -0.3 is 15.0 Å². The fourth-order valence-corrected chi connectivity index (χ4v) is 1.74. The summed E-state index contributed by atoms with van der Waals surface area (Å²) in [6, 6.07) is 7.74. The number of carbonyl (C=O) groups is 1. The molecule has 19 heavy (non-hydrogen) atoms. The first kappa shape index (κ1) is 14.9. The Hall–Kier alpha value is -2.13. The molecule has 0 amide bonds. The molecule has 0 aromatic heterocycles. The molecule has 1 rings (SSSR count). The smallest absolute Gasteiger partial charge is 0.413 e. The number of carbonyl (C=O) groups excluding carboxylic acids is 1. The first-order valence-corrected chi connectivity index (χ1v) is 6.13. The molecule has 0 fully saturated rings. The molecule has 0 saturated heterocycles. The van der Waals surface area contributed by atoms with E-state index in [0.29, 0.717) is 6.42 Å². The quantitative estimate of drug-likeness (QED) is 0.342. The third-order valence-electron chi connectivity index (χ3n) is 2.57. The first-order valence-electron chi connectivity index (χ1n) is 6.13. The second-order valence-corrected chi connectivity index (χ2v) is 4.42. The number of hydrogen-bond donors (Lipinski definition) is 0. The lowest BCUT2D eigenvalue weighted by atomic mass is 10.2. The number of rotatable bonds is 6. The van der Waals surface area contributed by atoms with Gasteiger partial charge in [-0.05, 0) is 32.4 Å². The number of ether oxygens (including phenoxy) is 2. The van der Waals surface area contributed by atoms with Crippen molar-refractivity contribution in [3.63, 3.8) is 0 Å². The van der Waals surface area contributed by atoms with Crippen LogP contribution in [0.15, 0.2) is 24.3 Å². The third-order valence-corrected chi connectivity index (χ3v) is 2.57. The van der Waals surface area contributed by atoms with Gasteiger partial charge in [0, 0.05) is 6.42 Å². The van der Waals surface area contributed by atoms with Gasteiger partial charge in [-0.2, -0.15) is 4.79 Å². The van der Waals surface area contributed by atoms with Gasteiger partial charge in [0.15, 0.2) is 0 Å². The summed E-state index contributed by atoms with van der Waals surface area (Å²) in [5.74, 6) is 0.156. The molecule has 0 bridgehead atoms. The Morgan fingerprint density at radius 1 is 1.37 bits per heavy atom. The van der Waals surface area contributed by atoms with Gasteiger partial charge >= 0.3 is 12.2 Å². The monoisotopic (exact) mass is 262 g/mol. The normalized spacial score (nSPS) is 13.0. The van der Waals surface area contributed by atoms with Gasteiger partial charge in [-0.15, -0.1) is 0 Å². The van der Waals surface area contributed by atoms with Crippen molar-refractivity contribution in [2.24, 2.45) is 0 Å². The lowest BCUT2D eigenvalue weighted by Crippen LogP contribution is -2.23. The second kappa shape index (κ2) is 7.34. The van der Waals surface area contributed by atoms with Crippen molar-refractivity contribution in [3.8, 4) is 5.75 Å². The molecule has 0 radical (unpaired) electrons. The fraction of sp³-hybridized carbons (Fsp3) is 0.429. The third kappa shape index (κ3) is 5.36. The molecule has 1 aromatic rings. The van der Waals surface area contributed by atoms with Crippen LogP contribution in [0.25, 0.3) is 5.53 Å². The summed E-state index contributed by atoms with van der Waals surface area (Å²) in [5.41, 5.74) is 9.26. The molecule has 1 aromatic carbocycles. The van der Waals surface area contributed by atoms with E-state index in [-0.39, 0.29) is 12.2 Å². The highest BCUT2D eigenvalue weighted by molar-refractivity contribution is 6.20. The Balaban J connectivity index is 2.47. The number of benzene rings is 1. The number of para-hydroxylation sites is 1. The highest BCUT2D eigenvalue weighted by Gasteiger charge is 2.15. The van der Waals surface area contributed by atoms with Crippen LogP contribution in [0.4, 0.5) is 0 Å². The van der Waals surface area contributed by atoms with Gasteiger partial charge in [0.25, 0.3) is 0 Å².